The first kappa shape index (κ1) is 23.8. The molecule has 1 aliphatic rings. The van der Waals surface area contributed by atoms with E-state index in [1.807, 2.05) is 43.7 Å². The van der Waals surface area contributed by atoms with Gasteiger partial charge in [0.25, 0.3) is 0 Å². The van der Waals surface area contributed by atoms with Crippen molar-refractivity contribution in [2.75, 3.05) is 23.3 Å². The van der Waals surface area contributed by atoms with Crippen LogP contribution < -0.4 is 15.5 Å². The third-order valence-corrected chi connectivity index (χ3v) is 5.91. The maximum Gasteiger partial charge on any atom is 0.226 e. The molecule has 2 heterocycles. The van der Waals surface area contributed by atoms with Crippen LogP contribution in [-0.2, 0) is 22.6 Å². The number of benzene rings is 1. The van der Waals surface area contributed by atoms with Crippen molar-refractivity contribution in [2.24, 2.45) is 5.92 Å². The highest BCUT2D eigenvalue weighted by atomic mass is 16.2. The van der Waals surface area contributed by atoms with Gasteiger partial charge in [-0.3, -0.25) is 14.3 Å². The molecule has 7 heteroatoms. The Morgan fingerprint density at radius 2 is 1.81 bits per heavy atom. The van der Waals surface area contributed by atoms with Crippen LogP contribution in [0.1, 0.15) is 57.0 Å². The number of anilines is 2. The van der Waals surface area contributed by atoms with Crippen molar-refractivity contribution in [3.8, 4) is 0 Å². The molecule has 1 fully saturated rings. The Balaban J connectivity index is 1.50. The van der Waals surface area contributed by atoms with E-state index in [9.17, 15) is 9.59 Å². The molecule has 2 N–H and O–H groups in total. The molecule has 1 aromatic carbocycles. The lowest BCUT2D eigenvalue weighted by molar-refractivity contribution is -0.121. The van der Waals surface area contributed by atoms with Crippen LogP contribution in [0.25, 0.3) is 0 Å². The second-order valence-electron chi connectivity index (χ2n) is 9.37. The topological polar surface area (TPSA) is 79.3 Å². The number of nitrogens with one attached hydrogen (secondary N) is 2. The number of carbonyl (C=O) groups is 2. The van der Waals surface area contributed by atoms with Crippen molar-refractivity contribution in [3.63, 3.8) is 0 Å². The largest absolute Gasteiger partial charge is 0.371 e. The zero-order valence-corrected chi connectivity index (χ0v) is 20.1. The van der Waals surface area contributed by atoms with Crippen LogP contribution in [0, 0.1) is 19.8 Å². The molecule has 7 nitrogen and oxygen atoms in total. The number of hydrogen-bond acceptors (Lipinski definition) is 4. The number of hydrogen-bond donors (Lipinski definition) is 2. The van der Waals surface area contributed by atoms with Gasteiger partial charge in [0.1, 0.15) is 0 Å². The van der Waals surface area contributed by atoms with Gasteiger partial charge < -0.3 is 15.5 Å². The summed E-state index contributed by atoms with van der Waals surface area (Å²) in [6.45, 7) is 13.1. The van der Waals surface area contributed by atoms with Crippen molar-refractivity contribution in [2.45, 2.75) is 72.9 Å². The maximum absolute atomic E-state index is 12.6. The minimum absolute atomic E-state index is 0.0865. The minimum Gasteiger partial charge on any atom is -0.371 e. The molecule has 0 radical (unpaired) electrons. The molecule has 2 aromatic rings. The summed E-state index contributed by atoms with van der Waals surface area (Å²) < 4.78 is 1.98. The number of carbonyl (C=O) groups excluding carboxylic acids is 2. The molecule has 0 saturated carbocycles. The van der Waals surface area contributed by atoms with Crippen LogP contribution >= 0.6 is 0 Å². The smallest absolute Gasteiger partial charge is 0.226 e. The molecule has 1 aliphatic heterocycles. The minimum atomic E-state index is -0.254. The lowest BCUT2D eigenvalue weighted by Crippen LogP contribution is -2.36. The second kappa shape index (κ2) is 10.7. The van der Waals surface area contributed by atoms with Gasteiger partial charge in [-0.15, -0.1) is 0 Å². The predicted octanol–water partition coefficient (Wildman–Crippen LogP) is 3.83. The van der Waals surface area contributed by atoms with Crippen LogP contribution in [0.15, 0.2) is 24.3 Å². The summed E-state index contributed by atoms with van der Waals surface area (Å²) in [6.07, 6.45) is 2.93. The zero-order chi connectivity index (χ0) is 23.3. The quantitative estimate of drug-likeness (QED) is 0.622. The van der Waals surface area contributed by atoms with Gasteiger partial charge in [-0.2, -0.15) is 5.10 Å². The molecule has 32 heavy (non-hydrogen) atoms. The van der Waals surface area contributed by atoms with Gasteiger partial charge in [-0.1, -0.05) is 19.9 Å². The third kappa shape index (κ3) is 6.34. The highest BCUT2D eigenvalue weighted by Crippen LogP contribution is 2.23. The lowest BCUT2D eigenvalue weighted by Gasteiger charge is -2.19. The number of amides is 2. The van der Waals surface area contributed by atoms with Gasteiger partial charge in [0.05, 0.1) is 12.1 Å². The van der Waals surface area contributed by atoms with E-state index in [-0.39, 0.29) is 30.7 Å². The molecular formula is C25H37N5O2. The maximum atomic E-state index is 12.6. The van der Waals surface area contributed by atoms with Gasteiger partial charge in [0, 0.05) is 54.7 Å². The van der Waals surface area contributed by atoms with E-state index in [2.05, 4.69) is 40.5 Å². The van der Waals surface area contributed by atoms with E-state index < -0.39 is 0 Å². The van der Waals surface area contributed by atoms with Crippen molar-refractivity contribution < 1.29 is 9.59 Å². The van der Waals surface area contributed by atoms with Crippen LogP contribution in [0.4, 0.5) is 11.4 Å². The number of aromatic nitrogens is 2. The van der Waals surface area contributed by atoms with Gasteiger partial charge in [-0.05, 0) is 57.7 Å². The normalized spacial score (nSPS) is 14.6. The predicted molar refractivity (Wildman–Crippen MR) is 129 cm³/mol. The second-order valence-corrected chi connectivity index (χ2v) is 9.37. The van der Waals surface area contributed by atoms with Crippen molar-refractivity contribution in [3.05, 3.63) is 41.2 Å². The van der Waals surface area contributed by atoms with Crippen LogP contribution in [0.5, 0.6) is 0 Å². The van der Waals surface area contributed by atoms with Gasteiger partial charge in [0.15, 0.2) is 0 Å². The fraction of sp³-hybridized carbons (Fsp3) is 0.560. The third-order valence-electron chi connectivity index (χ3n) is 5.91. The zero-order valence-electron chi connectivity index (χ0n) is 20.1. The van der Waals surface area contributed by atoms with Crippen molar-refractivity contribution in [1.29, 1.82) is 0 Å². The van der Waals surface area contributed by atoms with E-state index in [0.29, 0.717) is 5.92 Å². The molecule has 0 bridgehead atoms. The molecule has 1 saturated heterocycles. The highest BCUT2D eigenvalue weighted by Gasteiger charge is 2.18. The summed E-state index contributed by atoms with van der Waals surface area (Å²) in [7, 11) is 0. The van der Waals surface area contributed by atoms with Crippen molar-refractivity contribution in [1.82, 2.24) is 15.1 Å². The molecule has 0 aliphatic carbocycles. The van der Waals surface area contributed by atoms with E-state index in [0.717, 1.165) is 48.0 Å². The molecular weight excluding hydrogens is 402 g/mol. The van der Waals surface area contributed by atoms with E-state index in [4.69, 9.17) is 0 Å². The summed E-state index contributed by atoms with van der Waals surface area (Å²) in [6, 6.07) is 7.72. The molecule has 2 amide bonds. The summed E-state index contributed by atoms with van der Waals surface area (Å²) >= 11 is 0. The lowest BCUT2D eigenvalue weighted by atomic mass is 10.1. The van der Waals surface area contributed by atoms with E-state index >= 15 is 0 Å². The summed E-state index contributed by atoms with van der Waals surface area (Å²) in [5.41, 5.74) is 4.84. The average molecular weight is 440 g/mol. The standard InChI is InChI=1S/C25H37N5O2/c1-17(2)16-30-20(5)23(19(4)28-30)15-25(32)26-18(3)13-24(31)27-21-9-8-10-22(14-21)29-11-6-7-12-29/h8-10,14,17-18H,6-7,11-13,15-16H2,1-5H3,(H,26,32)(H,27,31). The molecule has 3 rings (SSSR count). The SMILES string of the molecule is Cc1nn(CC(C)C)c(C)c1CC(=O)NC(C)CC(=O)Nc1cccc(N2CCCC2)c1. The molecule has 1 aromatic heterocycles. The fourth-order valence-electron chi connectivity index (χ4n) is 4.30. The van der Waals surface area contributed by atoms with E-state index in [1.54, 1.807) is 0 Å². The Labute approximate surface area is 191 Å². The first-order valence-electron chi connectivity index (χ1n) is 11.7. The first-order chi connectivity index (χ1) is 15.2. The number of nitrogens with zero attached hydrogens (tertiary/aromatic N) is 3. The number of aryl methyl sites for hydroxylation is 1. The average Bonchev–Trinajstić information content (AvgIpc) is 3.32. The number of rotatable bonds is 9. The Bertz CT molecular complexity index is 944. The molecule has 1 unspecified atom stereocenters. The monoisotopic (exact) mass is 439 g/mol. The Morgan fingerprint density at radius 3 is 2.50 bits per heavy atom. The van der Waals surface area contributed by atoms with Gasteiger partial charge in [0.2, 0.25) is 11.8 Å². The van der Waals surface area contributed by atoms with Crippen LogP contribution in [0.2, 0.25) is 0 Å². The van der Waals surface area contributed by atoms with E-state index in [1.165, 1.54) is 12.8 Å². The summed E-state index contributed by atoms with van der Waals surface area (Å²) in [4.78, 5) is 27.5. The Morgan fingerprint density at radius 1 is 1.09 bits per heavy atom. The molecule has 174 valence electrons. The van der Waals surface area contributed by atoms with Crippen molar-refractivity contribution >= 4 is 23.2 Å². The first-order valence-corrected chi connectivity index (χ1v) is 11.7. The summed E-state index contributed by atoms with van der Waals surface area (Å²) in [5, 5.41) is 10.5. The van der Waals surface area contributed by atoms with Gasteiger partial charge >= 0.3 is 0 Å². The Hall–Kier alpha value is -2.83. The van der Waals surface area contributed by atoms with Crippen LogP contribution in [-0.4, -0.2) is 40.7 Å². The van der Waals surface area contributed by atoms with Gasteiger partial charge in [-0.25, -0.2) is 0 Å². The molecule has 1 atom stereocenters. The molecule has 0 spiro atoms. The fourth-order valence-corrected chi connectivity index (χ4v) is 4.30. The summed E-state index contributed by atoms with van der Waals surface area (Å²) in [5.74, 6) is 0.300. The van der Waals surface area contributed by atoms with Crippen LogP contribution in [0.3, 0.4) is 0 Å². The Kier molecular flexibility index (Phi) is 7.94. The highest BCUT2D eigenvalue weighted by molar-refractivity contribution is 5.92.